The van der Waals surface area contributed by atoms with Crippen molar-refractivity contribution < 1.29 is 17.1 Å². The maximum Gasteiger partial charge on any atom is 0.261 e. The smallest absolute Gasteiger partial charge is 0.261 e. The average Bonchev–Trinajstić information content (AvgIpc) is 2.73. The van der Waals surface area contributed by atoms with Crippen molar-refractivity contribution in [3.8, 4) is 0 Å². The van der Waals surface area contributed by atoms with Crippen molar-refractivity contribution >= 4 is 11.8 Å². The molecule has 0 aromatic heterocycles. The van der Waals surface area contributed by atoms with E-state index in [1.165, 1.54) is 0 Å². The fraction of sp³-hybridized carbons (Fsp3) is 0.429. The second-order valence-electron chi connectivity index (χ2n) is 4.51. The molecule has 4 nitrogen and oxygen atoms in total. The summed E-state index contributed by atoms with van der Waals surface area (Å²) in [6.45, 7) is -1.04. The summed E-state index contributed by atoms with van der Waals surface area (Å²) in [6.07, 6.45) is 1.03. The lowest BCUT2D eigenvalue weighted by Crippen LogP contribution is -2.36. The maximum atomic E-state index is 12.3. The molecule has 3 rings (SSSR count). The van der Waals surface area contributed by atoms with Gasteiger partial charge in [0, 0.05) is 19.7 Å². The molecule has 2 heterocycles. The van der Waals surface area contributed by atoms with Crippen molar-refractivity contribution in [1.29, 1.82) is 0 Å². The molecule has 2 aliphatic heterocycles. The highest BCUT2D eigenvalue weighted by Crippen LogP contribution is 2.25. The van der Waals surface area contributed by atoms with Crippen LogP contribution in [-0.4, -0.2) is 36.4 Å². The Bertz CT molecular complexity index is 532. The Morgan fingerprint density at radius 3 is 2.28 bits per heavy atom. The Balaban J connectivity index is 1.95. The van der Waals surface area contributed by atoms with Gasteiger partial charge in [0.25, 0.3) is 11.8 Å². The van der Waals surface area contributed by atoms with Gasteiger partial charge < -0.3 is 4.74 Å². The van der Waals surface area contributed by atoms with Crippen LogP contribution < -0.4 is 0 Å². The Labute approximate surface area is 108 Å². The number of carbonyl (C=O) groups excluding carboxylic acids is 2. The number of rotatable bonds is 2. The van der Waals surface area contributed by atoms with Crippen LogP contribution in [0.5, 0.6) is 0 Å². The predicted octanol–water partition coefficient (Wildman–Crippen LogP) is 1.71. The van der Waals surface area contributed by atoms with Crippen LogP contribution in [0.2, 0.25) is 0 Å². The third kappa shape index (κ3) is 1.82. The lowest BCUT2D eigenvalue weighted by Gasteiger charge is -2.25. The van der Waals surface area contributed by atoms with Crippen LogP contribution in [0, 0.1) is 5.92 Å². The Morgan fingerprint density at radius 1 is 1.17 bits per heavy atom. The molecule has 4 heteroatoms. The first-order valence-corrected chi connectivity index (χ1v) is 6.09. The van der Waals surface area contributed by atoms with E-state index in [1.807, 2.05) is 0 Å². The molecule has 0 spiro atoms. The highest BCUT2D eigenvalue weighted by Gasteiger charge is 2.36. The van der Waals surface area contributed by atoms with Gasteiger partial charge >= 0.3 is 0 Å². The molecule has 1 fully saturated rings. The van der Waals surface area contributed by atoms with Gasteiger partial charge in [-0.2, -0.15) is 0 Å². The van der Waals surface area contributed by atoms with Gasteiger partial charge in [-0.1, -0.05) is 12.1 Å². The van der Waals surface area contributed by atoms with Crippen LogP contribution in [0.25, 0.3) is 0 Å². The van der Waals surface area contributed by atoms with Gasteiger partial charge in [-0.15, -0.1) is 0 Å². The quantitative estimate of drug-likeness (QED) is 0.747. The summed E-state index contributed by atoms with van der Waals surface area (Å²) < 4.78 is 21.7. The molecule has 2 aliphatic rings. The summed E-state index contributed by atoms with van der Waals surface area (Å²) in [5.74, 6) is -1.46. The minimum absolute atomic E-state index is 0.286. The van der Waals surface area contributed by atoms with Gasteiger partial charge in [0.05, 0.1) is 13.9 Å². The third-order valence-corrected chi connectivity index (χ3v) is 3.33. The molecule has 0 unspecified atom stereocenters. The molecular formula is C14H15NO3. The van der Waals surface area contributed by atoms with Gasteiger partial charge in [0.1, 0.15) is 0 Å². The summed E-state index contributed by atoms with van der Waals surface area (Å²) in [7, 11) is 0. The van der Waals surface area contributed by atoms with E-state index < -0.39 is 18.3 Å². The first-order chi connectivity index (χ1) is 9.53. The Hall–Kier alpha value is -1.68. The zero-order chi connectivity index (χ0) is 14.3. The fourth-order valence-electron chi connectivity index (χ4n) is 2.32. The number of nitrogens with zero attached hydrogens (tertiary/aromatic N) is 1. The van der Waals surface area contributed by atoms with Crippen LogP contribution in [0.4, 0.5) is 0 Å². The lowest BCUT2D eigenvalue weighted by molar-refractivity contribution is 0.0433. The SMILES string of the molecule is [2H]C([2H])(C1CCOCC1)N1C(=O)c2ccccc2C1=O. The zero-order valence-corrected chi connectivity index (χ0v) is 9.89. The minimum atomic E-state index is -1.98. The molecule has 0 N–H and O–H groups in total. The molecule has 0 saturated carbocycles. The highest BCUT2D eigenvalue weighted by atomic mass is 16.5. The lowest BCUT2D eigenvalue weighted by atomic mass is 10.00. The van der Waals surface area contributed by atoms with Crippen molar-refractivity contribution in [2.24, 2.45) is 5.92 Å². The fourth-order valence-corrected chi connectivity index (χ4v) is 2.32. The van der Waals surface area contributed by atoms with Gasteiger partial charge in [-0.05, 0) is 30.9 Å². The van der Waals surface area contributed by atoms with E-state index in [9.17, 15) is 9.59 Å². The molecule has 0 atom stereocenters. The zero-order valence-electron chi connectivity index (χ0n) is 11.9. The van der Waals surface area contributed by atoms with Crippen LogP contribution >= 0.6 is 0 Å². The van der Waals surface area contributed by atoms with Crippen molar-refractivity contribution in [3.63, 3.8) is 0 Å². The first-order valence-electron chi connectivity index (χ1n) is 7.09. The van der Waals surface area contributed by atoms with E-state index in [0.29, 0.717) is 26.1 Å². The van der Waals surface area contributed by atoms with Crippen molar-refractivity contribution in [3.05, 3.63) is 35.4 Å². The molecule has 0 aliphatic carbocycles. The number of hydrogen-bond acceptors (Lipinski definition) is 3. The second kappa shape index (κ2) is 4.53. The number of benzene rings is 1. The number of ether oxygens (including phenoxy) is 1. The Kier molecular flexibility index (Phi) is 2.34. The largest absolute Gasteiger partial charge is 0.381 e. The molecule has 1 saturated heterocycles. The topological polar surface area (TPSA) is 46.6 Å². The van der Waals surface area contributed by atoms with Crippen LogP contribution in [0.15, 0.2) is 24.3 Å². The molecule has 94 valence electrons. The first kappa shape index (κ1) is 9.28. The second-order valence-corrected chi connectivity index (χ2v) is 4.51. The monoisotopic (exact) mass is 247 g/mol. The number of carbonyl (C=O) groups is 2. The van der Waals surface area contributed by atoms with Crippen LogP contribution in [-0.2, 0) is 4.74 Å². The molecular weight excluding hydrogens is 230 g/mol. The van der Waals surface area contributed by atoms with Gasteiger partial charge in [0.15, 0.2) is 0 Å². The van der Waals surface area contributed by atoms with E-state index in [-0.39, 0.29) is 17.0 Å². The van der Waals surface area contributed by atoms with E-state index >= 15 is 0 Å². The summed E-state index contributed by atoms with van der Waals surface area (Å²) in [5, 5.41) is 0. The summed E-state index contributed by atoms with van der Waals surface area (Å²) in [5.41, 5.74) is 0.571. The summed E-state index contributed by atoms with van der Waals surface area (Å²) >= 11 is 0. The van der Waals surface area contributed by atoms with Crippen molar-refractivity contribution in [2.45, 2.75) is 12.8 Å². The van der Waals surface area contributed by atoms with Gasteiger partial charge in [0.2, 0.25) is 0 Å². The highest BCUT2D eigenvalue weighted by molar-refractivity contribution is 6.21. The predicted molar refractivity (Wildman–Crippen MR) is 65.4 cm³/mol. The number of fused-ring (bicyclic) bond motifs is 1. The maximum absolute atomic E-state index is 12.3. The molecule has 18 heavy (non-hydrogen) atoms. The van der Waals surface area contributed by atoms with E-state index in [1.54, 1.807) is 24.3 Å². The standard InChI is InChI=1S/C14H15NO3/c16-13-11-3-1-2-4-12(11)14(17)15(13)9-10-5-7-18-8-6-10/h1-4,10H,5-9H2/i9D2. The van der Waals surface area contributed by atoms with Gasteiger partial charge in [-0.25, -0.2) is 0 Å². The number of imide groups is 1. The van der Waals surface area contributed by atoms with Gasteiger partial charge in [-0.3, -0.25) is 14.5 Å². The molecule has 1 aromatic carbocycles. The minimum Gasteiger partial charge on any atom is -0.381 e. The summed E-state index contributed by atoms with van der Waals surface area (Å²) in [4.78, 5) is 25.4. The van der Waals surface area contributed by atoms with Crippen molar-refractivity contribution in [1.82, 2.24) is 4.90 Å². The normalized spacial score (nSPS) is 22.8. The van der Waals surface area contributed by atoms with Crippen molar-refractivity contribution in [2.75, 3.05) is 19.7 Å². The van der Waals surface area contributed by atoms with Crippen LogP contribution in [0.1, 0.15) is 36.3 Å². The number of hydrogen-bond donors (Lipinski definition) is 0. The average molecular weight is 247 g/mol. The molecule has 2 amide bonds. The molecule has 1 aromatic rings. The van der Waals surface area contributed by atoms with E-state index in [4.69, 9.17) is 7.48 Å². The van der Waals surface area contributed by atoms with E-state index in [0.717, 1.165) is 4.90 Å². The summed E-state index contributed by atoms with van der Waals surface area (Å²) in [6, 6.07) is 6.49. The Morgan fingerprint density at radius 2 is 1.72 bits per heavy atom. The number of amides is 2. The molecule has 0 bridgehead atoms. The van der Waals surface area contributed by atoms with E-state index in [2.05, 4.69) is 0 Å². The third-order valence-electron chi connectivity index (χ3n) is 3.33. The van der Waals surface area contributed by atoms with Crippen LogP contribution in [0.3, 0.4) is 0 Å². The molecule has 0 radical (unpaired) electrons.